The first-order valence-electron chi connectivity index (χ1n) is 14.0. The molecule has 0 amide bonds. The molecule has 4 heteroatoms. The van der Waals surface area contributed by atoms with Crippen LogP contribution in [0.2, 0.25) is 0 Å². The molecule has 37 heavy (non-hydrogen) atoms. The van der Waals surface area contributed by atoms with Gasteiger partial charge < -0.3 is 20.4 Å². The molecule has 5 rings (SSSR count). The van der Waals surface area contributed by atoms with Crippen LogP contribution in [-0.2, 0) is 5.60 Å². The summed E-state index contributed by atoms with van der Waals surface area (Å²) in [5.74, 6) is 1.07. The van der Waals surface area contributed by atoms with Gasteiger partial charge in [0.2, 0.25) is 0 Å². The van der Waals surface area contributed by atoms with Crippen LogP contribution in [0.5, 0.6) is 17.2 Å². The number of phenols is 3. The smallest absolute Gasteiger partial charge is 0.144 e. The third-order valence-corrected chi connectivity index (χ3v) is 8.91. The number of hydrogen-bond donors (Lipinski definition) is 4. The zero-order valence-corrected chi connectivity index (χ0v) is 22.1. The summed E-state index contributed by atoms with van der Waals surface area (Å²) >= 11 is 0. The van der Waals surface area contributed by atoms with Crippen LogP contribution in [0.15, 0.2) is 48.5 Å². The van der Waals surface area contributed by atoms with Gasteiger partial charge in [-0.05, 0) is 115 Å². The minimum atomic E-state index is -1.66. The van der Waals surface area contributed by atoms with E-state index in [0.29, 0.717) is 16.7 Å². The summed E-state index contributed by atoms with van der Waals surface area (Å²) in [5, 5.41) is 45.9. The Morgan fingerprint density at radius 3 is 1.43 bits per heavy atom. The number of aliphatic hydroxyl groups is 1. The second-order valence-electron chi connectivity index (χ2n) is 11.3. The molecule has 0 aliphatic heterocycles. The lowest BCUT2D eigenvalue weighted by molar-refractivity contribution is 0.120. The Kier molecular flexibility index (Phi) is 7.22. The molecule has 0 bridgehead atoms. The molecule has 0 heterocycles. The Labute approximate surface area is 220 Å². The van der Waals surface area contributed by atoms with Gasteiger partial charge in [-0.2, -0.15) is 0 Å². The van der Waals surface area contributed by atoms with E-state index in [-0.39, 0.29) is 29.1 Å². The molecule has 0 spiro atoms. The van der Waals surface area contributed by atoms with E-state index in [2.05, 4.69) is 0 Å². The first kappa shape index (κ1) is 25.7. The van der Waals surface area contributed by atoms with Crippen LogP contribution in [-0.4, -0.2) is 20.4 Å². The molecule has 0 atom stereocenters. The number of hydrogen-bond acceptors (Lipinski definition) is 4. The van der Waals surface area contributed by atoms with Gasteiger partial charge in [-0.1, -0.05) is 56.7 Å². The summed E-state index contributed by atoms with van der Waals surface area (Å²) in [7, 11) is 0. The second-order valence-corrected chi connectivity index (χ2v) is 11.3. The second kappa shape index (κ2) is 10.4. The lowest BCUT2D eigenvalue weighted by Crippen LogP contribution is -2.31. The summed E-state index contributed by atoms with van der Waals surface area (Å²) in [5.41, 5.74) is 3.33. The van der Waals surface area contributed by atoms with Crippen molar-refractivity contribution >= 4 is 0 Å². The lowest BCUT2D eigenvalue weighted by Gasteiger charge is -2.35. The van der Waals surface area contributed by atoms with Crippen molar-refractivity contribution in [1.29, 1.82) is 0 Å². The SMILES string of the molecule is Cc1cc(O)c(C2CCCCC2)cc1C(O)(c1cc(C2CCCCC2)c(O)cc1C)c1ccccc1O. The Balaban J connectivity index is 1.75. The average Bonchev–Trinajstić information content (AvgIpc) is 2.90. The van der Waals surface area contributed by atoms with E-state index in [0.717, 1.165) is 73.6 Å². The van der Waals surface area contributed by atoms with Crippen molar-refractivity contribution < 1.29 is 20.4 Å². The van der Waals surface area contributed by atoms with Gasteiger partial charge in [-0.25, -0.2) is 0 Å². The molecule has 3 aromatic rings. The molecule has 0 radical (unpaired) electrons. The molecule has 2 aliphatic rings. The molecule has 196 valence electrons. The van der Waals surface area contributed by atoms with Crippen LogP contribution < -0.4 is 0 Å². The highest BCUT2D eigenvalue weighted by Crippen LogP contribution is 2.49. The molecule has 2 saturated carbocycles. The van der Waals surface area contributed by atoms with Crippen LogP contribution in [0, 0.1) is 13.8 Å². The molecule has 3 aromatic carbocycles. The van der Waals surface area contributed by atoms with Gasteiger partial charge in [-0.3, -0.25) is 0 Å². The van der Waals surface area contributed by atoms with Crippen molar-refractivity contribution in [3.8, 4) is 17.2 Å². The molecule has 4 nitrogen and oxygen atoms in total. The largest absolute Gasteiger partial charge is 0.508 e. The molecule has 2 fully saturated rings. The highest BCUT2D eigenvalue weighted by Gasteiger charge is 2.40. The third-order valence-electron chi connectivity index (χ3n) is 8.91. The minimum absolute atomic E-state index is 0.0170. The predicted octanol–water partition coefficient (Wildman–Crippen LogP) is 7.80. The Hall–Kier alpha value is -2.98. The van der Waals surface area contributed by atoms with E-state index in [4.69, 9.17) is 0 Å². The molecule has 0 unspecified atom stereocenters. The van der Waals surface area contributed by atoms with Crippen molar-refractivity contribution in [2.75, 3.05) is 0 Å². The van der Waals surface area contributed by atoms with E-state index in [1.807, 2.05) is 32.0 Å². The Morgan fingerprint density at radius 2 is 1.00 bits per heavy atom. The van der Waals surface area contributed by atoms with Crippen molar-refractivity contribution in [3.63, 3.8) is 0 Å². The number of benzene rings is 3. The molecule has 2 aliphatic carbocycles. The average molecular weight is 501 g/mol. The predicted molar refractivity (Wildman–Crippen MR) is 148 cm³/mol. The minimum Gasteiger partial charge on any atom is -0.508 e. The van der Waals surface area contributed by atoms with Crippen molar-refractivity contribution in [2.45, 2.75) is 95.5 Å². The van der Waals surface area contributed by atoms with Crippen molar-refractivity contribution in [1.82, 2.24) is 0 Å². The van der Waals surface area contributed by atoms with Gasteiger partial charge in [-0.15, -0.1) is 0 Å². The van der Waals surface area contributed by atoms with Crippen LogP contribution >= 0.6 is 0 Å². The summed E-state index contributed by atoms with van der Waals surface area (Å²) in [6.07, 6.45) is 11.1. The van der Waals surface area contributed by atoms with Gasteiger partial charge in [0.1, 0.15) is 22.8 Å². The number of phenolic OH excluding ortho intramolecular Hbond substituents is 3. The number of para-hydroxylation sites is 1. The fourth-order valence-electron chi connectivity index (χ4n) is 6.89. The monoisotopic (exact) mass is 500 g/mol. The van der Waals surface area contributed by atoms with Crippen LogP contribution in [0.4, 0.5) is 0 Å². The van der Waals surface area contributed by atoms with Gasteiger partial charge >= 0.3 is 0 Å². The van der Waals surface area contributed by atoms with E-state index in [9.17, 15) is 20.4 Å². The maximum Gasteiger partial charge on any atom is 0.144 e. The number of aromatic hydroxyl groups is 3. The van der Waals surface area contributed by atoms with Gasteiger partial charge in [0.25, 0.3) is 0 Å². The van der Waals surface area contributed by atoms with Crippen molar-refractivity contribution in [3.05, 3.63) is 87.5 Å². The van der Waals surface area contributed by atoms with Crippen LogP contribution in [0.25, 0.3) is 0 Å². The van der Waals surface area contributed by atoms with E-state index in [1.165, 1.54) is 12.8 Å². The van der Waals surface area contributed by atoms with E-state index < -0.39 is 5.60 Å². The first-order valence-corrected chi connectivity index (χ1v) is 14.0. The van der Waals surface area contributed by atoms with Crippen molar-refractivity contribution in [2.24, 2.45) is 0 Å². The number of aryl methyl sites for hydroxylation is 2. The third kappa shape index (κ3) is 4.72. The Morgan fingerprint density at radius 1 is 0.568 bits per heavy atom. The molecular formula is C33H40O4. The quantitative estimate of drug-likeness (QED) is 0.269. The standard InChI is InChI=1S/C33H40O4/c1-21-17-31(35)25(23-11-5-3-6-12-23)19-28(21)33(37,27-15-9-10-16-30(27)34)29-20-26(32(36)18-22(29)2)24-13-7-4-8-14-24/h9-10,15-20,23-24,34-37H,3-8,11-14H2,1-2H3. The highest BCUT2D eigenvalue weighted by molar-refractivity contribution is 5.60. The summed E-state index contributed by atoms with van der Waals surface area (Å²) in [6, 6.07) is 14.4. The van der Waals surface area contributed by atoms with Crippen LogP contribution in [0.3, 0.4) is 0 Å². The maximum atomic E-state index is 12.9. The normalized spacial score (nSPS) is 17.7. The molecule has 0 saturated heterocycles. The van der Waals surface area contributed by atoms with Gasteiger partial charge in [0.15, 0.2) is 0 Å². The first-order chi connectivity index (χ1) is 17.8. The van der Waals surface area contributed by atoms with Gasteiger partial charge in [0.05, 0.1) is 0 Å². The highest BCUT2D eigenvalue weighted by atomic mass is 16.3. The van der Waals surface area contributed by atoms with Crippen LogP contribution in [0.1, 0.15) is 115 Å². The molecule has 0 aromatic heterocycles. The van der Waals surface area contributed by atoms with E-state index in [1.54, 1.807) is 30.3 Å². The molecular weight excluding hydrogens is 460 g/mol. The zero-order valence-electron chi connectivity index (χ0n) is 22.1. The number of rotatable bonds is 5. The summed E-state index contributed by atoms with van der Waals surface area (Å²) in [6.45, 7) is 3.81. The lowest BCUT2D eigenvalue weighted by atomic mass is 9.73. The fraction of sp³-hybridized carbons (Fsp3) is 0.455. The van der Waals surface area contributed by atoms with Gasteiger partial charge in [0, 0.05) is 5.56 Å². The summed E-state index contributed by atoms with van der Waals surface area (Å²) in [4.78, 5) is 0. The maximum absolute atomic E-state index is 12.9. The fourth-order valence-corrected chi connectivity index (χ4v) is 6.89. The molecule has 4 N–H and O–H groups in total. The zero-order chi connectivity index (χ0) is 26.2. The summed E-state index contributed by atoms with van der Waals surface area (Å²) < 4.78 is 0. The topological polar surface area (TPSA) is 80.9 Å². The van der Waals surface area contributed by atoms with E-state index >= 15 is 0 Å². The Bertz CT molecular complexity index is 1190.